The Kier molecular flexibility index (Phi) is 11.8. The summed E-state index contributed by atoms with van der Waals surface area (Å²) in [7, 11) is -8.63. The normalized spacial score (nSPS) is 15.0. The molecular weight excluding hydrogens is 655 g/mol. The van der Waals surface area contributed by atoms with Gasteiger partial charge in [-0.25, -0.2) is 16.8 Å². The maximum Gasteiger partial charge on any atom is 1.00 e. The van der Waals surface area contributed by atoms with E-state index in [1.165, 1.54) is 0 Å². The van der Waals surface area contributed by atoms with Crippen LogP contribution in [0.25, 0.3) is 21.0 Å². The number of ether oxygens (including phenoxy) is 1. The summed E-state index contributed by atoms with van der Waals surface area (Å²) in [5.41, 5.74) is 1.80. The first-order valence-electron chi connectivity index (χ1n) is 14.1. The van der Waals surface area contributed by atoms with Crippen molar-refractivity contribution in [1.82, 2.24) is 0 Å². The predicted octanol–water partition coefficient (Wildman–Crippen LogP) is 2.57. The maximum absolute atomic E-state index is 11.4. The van der Waals surface area contributed by atoms with Gasteiger partial charge in [0.25, 0.3) is 0 Å². The van der Waals surface area contributed by atoms with Crippen molar-refractivity contribution in [3.63, 3.8) is 0 Å². The number of unbranched alkanes of at least 4 members (excludes halogenated alkanes) is 1. The number of rotatable bonds is 13. The molecule has 5 rings (SSSR count). The van der Waals surface area contributed by atoms with E-state index in [1.54, 1.807) is 11.3 Å². The summed E-state index contributed by atoms with van der Waals surface area (Å²) in [6, 6.07) is 17.5. The van der Waals surface area contributed by atoms with E-state index >= 15 is 0 Å². The third-order valence-corrected chi connectivity index (χ3v) is 10.5. The number of nitrogens with zero attached hydrogens (tertiary/aromatic N) is 2. The van der Waals surface area contributed by atoms with Crippen LogP contribution in [-0.4, -0.2) is 44.0 Å². The fourth-order valence-corrected chi connectivity index (χ4v) is 7.88. The molecule has 0 amide bonds. The van der Waals surface area contributed by atoms with E-state index in [1.807, 2.05) is 59.5 Å². The van der Waals surface area contributed by atoms with Crippen molar-refractivity contribution in [3.8, 4) is 5.75 Å². The molecule has 4 aromatic rings. The van der Waals surface area contributed by atoms with Crippen molar-refractivity contribution in [3.05, 3.63) is 76.6 Å². The van der Waals surface area contributed by atoms with E-state index in [9.17, 15) is 25.9 Å². The summed E-state index contributed by atoms with van der Waals surface area (Å²) in [5, 5.41) is 3.67. The molecule has 0 bridgehead atoms. The number of benzene rings is 3. The van der Waals surface area contributed by atoms with Gasteiger partial charge in [0.05, 0.1) is 25.9 Å². The third-order valence-electron chi connectivity index (χ3n) is 7.50. The summed E-state index contributed by atoms with van der Waals surface area (Å²) < 4.78 is 77.0. The van der Waals surface area contributed by atoms with Crippen molar-refractivity contribution >= 4 is 69.9 Å². The minimum Gasteiger partial charge on any atom is -0.748 e. The number of anilines is 1. The van der Waals surface area contributed by atoms with E-state index in [2.05, 4.69) is 17.6 Å². The summed E-state index contributed by atoms with van der Waals surface area (Å²) in [5.74, 6) is 0.443. The van der Waals surface area contributed by atoms with E-state index in [0.717, 1.165) is 38.1 Å². The Bertz CT molecular complexity index is 1900. The van der Waals surface area contributed by atoms with E-state index < -0.39 is 31.7 Å². The summed E-state index contributed by atoms with van der Waals surface area (Å²) in [4.78, 5) is 1.97. The van der Waals surface area contributed by atoms with Crippen LogP contribution in [0.2, 0.25) is 5.02 Å². The molecule has 3 aromatic carbocycles. The van der Waals surface area contributed by atoms with Crippen LogP contribution < -0.4 is 43.8 Å². The van der Waals surface area contributed by atoms with Gasteiger partial charge in [0, 0.05) is 47.4 Å². The molecule has 0 spiro atoms. The quantitative estimate of drug-likeness (QED) is 0.0908. The van der Waals surface area contributed by atoms with Gasteiger partial charge in [-0.15, -0.1) is 0 Å². The molecule has 2 heterocycles. The standard InChI is InChI=1S/C30H33ClN2O7S3.Na/c1-2-21(19-29-32(14-5-6-16-42(34,35)36)25-20-23(31)11-13-27(25)41-29)18-28-33(15-7-17-43(37,38)39)30-24-9-4-3-8-22(24)10-12-26(30)40-28;/h3-4,8-13,18,20-21H,2,5-7,14-17,19H2,1H3,(H-,34,35,36,37,38,39);/q;+1/p-1. The Morgan fingerprint density at radius 3 is 2.45 bits per heavy atom. The Hall–Kier alpha value is -1.74. The van der Waals surface area contributed by atoms with Gasteiger partial charge in [0.15, 0.2) is 11.6 Å². The Balaban J connectivity index is 0.00000442. The van der Waals surface area contributed by atoms with Crippen molar-refractivity contribution in [2.45, 2.75) is 45.6 Å². The number of aromatic nitrogens is 1. The zero-order chi connectivity index (χ0) is 30.8. The summed E-state index contributed by atoms with van der Waals surface area (Å²) in [6.07, 6.45) is 4.47. The zero-order valence-electron chi connectivity index (χ0n) is 24.6. The van der Waals surface area contributed by atoms with Crippen molar-refractivity contribution in [2.75, 3.05) is 23.0 Å². The minimum absolute atomic E-state index is 0. The van der Waals surface area contributed by atoms with Gasteiger partial charge in [0.2, 0.25) is 10.5 Å². The first-order valence-corrected chi connectivity index (χ1v) is 18.4. The van der Waals surface area contributed by atoms with Gasteiger partial charge >= 0.3 is 29.6 Å². The van der Waals surface area contributed by atoms with Gasteiger partial charge in [-0.3, -0.25) is 0 Å². The van der Waals surface area contributed by atoms with Crippen molar-refractivity contribution in [2.24, 2.45) is 5.92 Å². The van der Waals surface area contributed by atoms with Crippen molar-refractivity contribution < 1.29 is 64.8 Å². The number of aryl methyl sites for hydroxylation is 1. The van der Waals surface area contributed by atoms with Crippen LogP contribution in [0.3, 0.4) is 0 Å². The second kappa shape index (κ2) is 14.8. The maximum atomic E-state index is 11.4. The van der Waals surface area contributed by atoms with Gasteiger partial charge in [-0.05, 0) is 54.8 Å². The summed E-state index contributed by atoms with van der Waals surface area (Å²) >= 11 is 7.96. The van der Waals surface area contributed by atoms with Crippen LogP contribution >= 0.6 is 22.9 Å². The zero-order valence-corrected chi connectivity index (χ0v) is 29.8. The fourth-order valence-electron chi connectivity index (χ4n) is 5.42. The molecule has 9 nitrogen and oxygen atoms in total. The first kappa shape index (κ1) is 35.1. The van der Waals surface area contributed by atoms with Crippen LogP contribution in [0.5, 0.6) is 5.75 Å². The molecule has 1 atom stereocenters. The molecule has 1 aliphatic rings. The number of halogens is 1. The van der Waals surface area contributed by atoms with Crippen LogP contribution in [0.4, 0.5) is 5.69 Å². The average molecular weight is 687 g/mol. The van der Waals surface area contributed by atoms with Crippen LogP contribution in [0.15, 0.2) is 66.6 Å². The number of hydrogen-bond acceptors (Lipinski definition) is 9. The number of allylic oxidation sites excluding steroid dienone is 1. The van der Waals surface area contributed by atoms with Gasteiger partial charge in [0.1, 0.15) is 11.2 Å². The van der Waals surface area contributed by atoms with E-state index in [0.29, 0.717) is 42.6 Å². The smallest absolute Gasteiger partial charge is 0.748 e. The van der Waals surface area contributed by atoms with E-state index in [-0.39, 0.29) is 48.3 Å². The first-order chi connectivity index (χ1) is 20.4. The Labute approximate surface area is 289 Å². The molecule has 1 aromatic heterocycles. The van der Waals surface area contributed by atoms with Crippen LogP contribution in [-0.2, 0) is 33.2 Å². The Morgan fingerprint density at radius 2 is 1.73 bits per heavy atom. The second-order valence-electron chi connectivity index (χ2n) is 10.6. The predicted molar refractivity (Wildman–Crippen MR) is 167 cm³/mol. The molecule has 0 fully saturated rings. The SMILES string of the molecule is CCC(C=C1Oc2ccc3ccccc3c2N1CCCS(=O)(=O)[O-])Cc1sc2ccc(Cl)cc2[n+]1CCCCS(=O)(=O)[O-].[Na+]. The second-order valence-corrected chi connectivity index (χ2v) is 15.2. The van der Waals surface area contributed by atoms with Crippen LogP contribution in [0.1, 0.15) is 37.6 Å². The molecule has 1 aliphatic heterocycles. The molecule has 0 aliphatic carbocycles. The largest absolute Gasteiger partial charge is 1.00 e. The summed E-state index contributed by atoms with van der Waals surface area (Å²) in [6.45, 7) is 2.93. The monoisotopic (exact) mass is 686 g/mol. The molecule has 230 valence electrons. The van der Waals surface area contributed by atoms with Crippen molar-refractivity contribution in [1.29, 1.82) is 0 Å². The van der Waals surface area contributed by atoms with Gasteiger partial charge in [-0.2, -0.15) is 4.57 Å². The number of fused-ring (bicyclic) bond motifs is 4. The van der Waals surface area contributed by atoms with Gasteiger partial charge in [-0.1, -0.05) is 60.2 Å². The minimum atomic E-state index is -4.36. The third kappa shape index (κ3) is 8.74. The molecule has 0 saturated heterocycles. The average Bonchev–Trinajstić information content (AvgIpc) is 3.46. The number of thiazole rings is 1. The molecule has 0 saturated carbocycles. The molecule has 0 radical (unpaired) electrons. The molecule has 44 heavy (non-hydrogen) atoms. The number of hydrogen-bond donors (Lipinski definition) is 0. The molecular formula is C30H32ClN2NaO7S3. The molecule has 14 heteroatoms. The Morgan fingerprint density at radius 1 is 1.00 bits per heavy atom. The molecule has 0 N–H and O–H groups in total. The molecule has 1 unspecified atom stereocenters. The topological polar surface area (TPSA) is 131 Å². The van der Waals surface area contributed by atoms with Gasteiger partial charge < -0.3 is 18.7 Å². The fraction of sp³-hybridized carbons (Fsp3) is 0.367. The van der Waals surface area contributed by atoms with E-state index in [4.69, 9.17) is 16.3 Å². The van der Waals surface area contributed by atoms with Crippen LogP contribution in [0, 0.1) is 5.92 Å².